The summed E-state index contributed by atoms with van der Waals surface area (Å²) >= 11 is 1.11. The number of rotatable bonds is 7. The van der Waals surface area contributed by atoms with E-state index in [0.717, 1.165) is 11.8 Å². The van der Waals surface area contributed by atoms with Gasteiger partial charge in [-0.25, -0.2) is 4.98 Å². The Morgan fingerprint density at radius 3 is 2.68 bits per heavy atom. The van der Waals surface area contributed by atoms with E-state index in [0.29, 0.717) is 16.8 Å². The minimum absolute atomic E-state index is 0.0748. The second kappa shape index (κ2) is 8.57. The lowest BCUT2D eigenvalue weighted by Crippen LogP contribution is -2.37. The first kappa shape index (κ1) is 18.2. The van der Waals surface area contributed by atoms with Crippen molar-refractivity contribution in [2.75, 3.05) is 12.9 Å². The van der Waals surface area contributed by atoms with Crippen molar-refractivity contribution in [1.82, 2.24) is 15.3 Å². The number of nitrogens with zero attached hydrogens (tertiary/aromatic N) is 1. The average Bonchev–Trinajstić information content (AvgIpc) is 2.44. The second-order valence-corrected chi connectivity index (χ2v) is 6.15. The summed E-state index contributed by atoms with van der Waals surface area (Å²) in [5.41, 5.74) is -0.0542. The first-order chi connectivity index (χ1) is 10.3. The Kier molecular flexibility index (Phi) is 7.10. The van der Waals surface area contributed by atoms with Crippen LogP contribution in [0.4, 0.5) is 0 Å². The molecular weight excluding hydrogens is 306 g/mol. The molecule has 0 aliphatic rings. The number of carbonyl (C=O) groups is 2. The SMILES string of the molecule is COC(=O)Cc1cc(=O)[nH]c(SCC(=O)N[C@@H](C)C(C)C)n1. The molecule has 1 heterocycles. The highest BCUT2D eigenvalue weighted by atomic mass is 32.2. The van der Waals surface area contributed by atoms with Crippen LogP contribution < -0.4 is 10.9 Å². The fourth-order valence-corrected chi connectivity index (χ4v) is 2.16. The zero-order valence-electron chi connectivity index (χ0n) is 13.1. The number of hydrogen-bond acceptors (Lipinski definition) is 6. The van der Waals surface area contributed by atoms with Gasteiger partial charge in [-0.15, -0.1) is 0 Å². The molecule has 2 N–H and O–H groups in total. The van der Waals surface area contributed by atoms with Gasteiger partial charge in [0, 0.05) is 12.1 Å². The molecule has 0 aliphatic heterocycles. The summed E-state index contributed by atoms with van der Waals surface area (Å²) in [4.78, 5) is 41.2. The molecule has 0 bridgehead atoms. The van der Waals surface area contributed by atoms with Gasteiger partial charge in [0.1, 0.15) is 0 Å². The predicted molar refractivity (Wildman–Crippen MR) is 83.7 cm³/mol. The standard InChI is InChI=1S/C14H21N3O4S/c1-8(2)9(3)15-12(19)7-22-14-16-10(5-11(18)17-14)6-13(20)21-4/h5,8-9H,6-7H2,1-4H3,(H,15,19)(H,16,17,18)/t9-/m0/s1. The van der Waals surface area contributed by atoms with Crippen LogP contribution in [-0.4, -0.2) is 40.7 Å². The van der Waals surface area contributed by atoms with E-state index in [1.54, 1.807) is 0 Å². The smallest absolute Gasteiger partial charge is 0.311 e. The Morgan fingerprint density at radius 1 is 1.41 bits per heavy atom. The highest BCUT2D eigenvalue weighted by Gasteiger charge is 2.12. The van der Waals surface area contributed by atoms with Crippen molar-refractivity contribution < 1.29 is 14.3 Å². The van der Waals surface area contributed by atoms with Crippen molar-refractivity contribution in [3.63, 3.8) is 0 Å². The maximum Gasteiger partial charge on any atom is 0.311 e. The number of H-pyrrole nitrogens is 1. The third-order valence-electron chi connectivity index (χ3n) is 3.05. The molecule has 8 heteroatoms. The lowest BCUT2D eigenvalue weighted by Gasteiger charge is -2.17. The Hall–Kier alpha value is -1.83. The van der Waals surface area contributed by atoms with Crippen molar-refractivity contribution in [2.45, 2.75) is 38.4 Å². The van der Waals surface area contributed by atoms with Crippen LogP contribution in [0.3, 0.4) is 0 Å². The number of esters is 1. The number of hydrogen-bond donors (Lipinski definition) is 2. The molecule has 0 fully saturated rings. The summed E-state index contributed by atoms with van der Waals surface area (Å²) < 4.78 is 4.54. The van der Waals surface area contributed by atoms with Gasteiger partial charge in [-0.3, -0.25) is 14.4 Å². The number of methoxy groups -OCH3 is 1. The van der Waals surface area contributed by atoms with Crippen LogP contribution in [0, 0.1) is 5.92 Å². The van der Waals surface area contributed by atoms with E-state index < -0.39 is 5.97 Å². The molecular formula is C14H21N3O4S. The number of amides is 1. The number of aromatic amines is 1. The van der Waals surface area contributed by atoms with Crippen LogP contribution in [0.1, 0.15) is 26.5 Å². The molecule has 1 rings (SSSR count). The van der Waals surface area contributed by atoms with Crippen molar-refractivity contribution in [3.8, 4) is 0 Å². The first-order valence-electron chi connectivity index (χ1n) is 6.91. The van der Waals surface area contributed by atoms with Crippen molar-refractivity contribution in [1.29, 1.82) is 0 Å². The van der Waals surface area contributed by atoms with Crippen molar-refractivity contribution in [2.24, 2.45) is 5.92 Å². The molecule has 0 radical (unpaired) electrons. The highest BCUT2D eigenvalue weighted by Crippen LogP contribution is 2.11. The Morgan fingerprint density at radius 2 is 2.09 bits per heavy atom. The van der Waals surface area contributed by atoms with Gasteiger partial charge < -0.3 is 15.0 Å². The number of thioether (sulfide) groups is 1. The molecule has 22 heavy (non-hydrogen) atoms. The lowest BCUT2D eigenvalue weighted by molar-refractivity contribution is -0.139. The maximum atomic E-state index is 11.8. The molecule has 7 nitrogen and oxygen atoms in total. The Labute approximate surface area is 133 Å². The van der Waals surface area contributed by atoms with E-state index in [-0.39, 0.29) is 29.7 Å². The maximum absolute atomic E-state index is 11.8. The first-order valence-corrected chi connectivity index (χ1v) is 7.89. The predicted octanol–water partition coefficient (Wildman–Crippen LogP) is 0.738. The van der Waals surface area contributed by atoms with Gasteiger partial charge in [-0.2, -0.15) is 0 Å². The van der Waals surface area contributed by atoms with Gasteiger partial charge in [0.25, 0.3) is 5.56 Å². The third-order valence-corrected chi connectivity index (χ3v) is 3.93. The van der Waals surface area contributed by atoms with E-state index in [4.69, 9.17) is 0 Å². The molecule has 1 amide bonds. The summed E-state index contributed by atoms with van der Waals surface area (Å²) in [7, 11) is 1.27. The normalized spacial score (nSPS) is 12.0. The molecule has 0 aromatic carbocycles. The molecule has 0 spiro atoms. The average molecular weight is 327 g/mol. The highest BCUT2D eigenvalue weighted by molar-refractivity contribution is 7.99. The van der Waals surface area contributed by atoms with Crippen molar-refractivity contribution in [3.05, 3.63) is 22.1 Å². The Bertz CT molecular complexity index is 586. The van der Waals surface area contributed by atoms with Gasteiger partial charge >= 0.3 is 5.97 Å². The lowest BCUT2D eigenvalue weighted by atomic mass is 10.1. The number of carbonyl (C=O) groups excluding carboxylic acids is 2. The summed E-state index contributed by atoms with van der Waals surface area (Å²) in [5, 5.41) is 3.17. The molecule has 0 saturated heterocycles. The molecule has 1 atom stereocenters. The number of aromatic nitrogens is 2. The van der Waals surface area contributed by atoms with Gasteiger partial charge in [0.05, 0.1) is 25.0 Å². The fourth-order valence-electron chi connectivity index (χ4n) is 1.46. The molecule has 122 valence electrons. The van der Waals surface area contributed by atoms with Crippen molar-refractivity contribution >= 4 is 23.6 Å². The molecule has 0 saturated carbocycles. The van der Waals surface area contributed by atoms with Crippen LogP contribution in [0.25, 0.3) is 0 Å². The monoisotopic (exact) mass is 327 g/mol. The summed E-state index contributed by atoms with van der Waals surface area (Å²) in [6, 6.07) is 1.31. The van der Waals surface area contributed by atoms with Crippen LogP contribution >= 0.6 is 11.8 Å². The van der Waals surface area contributed by atoms with Crippen LogP contribution in [0.15, 0.2) is 16.0 Å². The molecule has 0 unspecified atom stereocenters. The van der Waals surface area contributed by atoms with E-state index in [1.807, 2.05) is 20.8 Å². The van der Waals surface area contributed by atoms with Gasteiger partial charge in [0.15, 0.2) is 5.16 Å². The number of ether oxygens (including phenoxy) is 1. The van der Waals surface area contributed by atoms with Gasteiger partial charge in [-0.1, -0.05) is 25.6 Å². The van der Waals surface area contributed by atoms with E-state index >= 15 is 0 Å². The Balaban J connectivity index is 2.64. The topological polar surface area (TPSA) is 101 Å². The second-order valence-electron chi connectivity index (χ2n) is 5.18. The summed E-state index contributed by atoms with van der Waals surface area (Å²) in [5.74, 6) is -0.123. The van der Waals surface area contributed by atoms with Crippen LogP contribution in [-0.2, 0) is 20.7 Å². The quantitative estimate of drug-likeness (QED) is 0.435. The minimum Gasteiger partial charge on any atom is -0.469 e. The van der Waals surface area contributed by atoms with E-state index in [9.17, 15) is 14.4 Å². The van der Waals surface area contributed by atoms with E-state index in [2.05, 4.69) is 20.0 Å². The molecule has 1 aromatic heterocycles. The molecule has 1 aromatic rings. The fraction of sp³-hybridized carbons (Fsp3) is 0.571. The van der Waals surface area contributed by atoms with Crippen LogP contribution in [0.5, 0.6) is 0 Å². The van der Waals surface area contributed by atoms with Crippen LogP contribution in [0.2, 0.25) is 0 Å². The van der Waals surface area contributed by atoms with E-state index in [1.165, 1.54) is 13.2 Å². The summed E-state index contributed by atoms with van der Waals surface area (Å²) in [6.07, 6.45) is -0.0788. The van der Waals surface area contributed by atoms with Gasteiger partial charge in [-0.05, 0) is 12.8 Å². The number of nitrogens with one attached hydrogen (secondary N) is 2. The van der Waals surface area contributed by atoms with Gasteiger partial charge in [0.2, 0.25) is 5.91 Å². The minimum atomic E-state index is -0.474. The molecule has 0 aliphatic carbocycles. The summed E-state index contributed by atoms with van der Waals surface area (Å²) in [6.45, 7) is 5.98. The third kappa shape index (κ3) is 6.30. The zero-order chi connectivity index (χ0) is 16.7. The zero-order valence-corrected chi connectivity index (χ0v) is 14.0. The largest absolute Gasteiger partial charge is 0.469 e.